The van der Waals surface area contributed by atoms with Crippen molar-refractivity contribution in [3.63, 3.8) is 0 Å². The van der Waals surface area contributed by atoms with Crippen LogP contribution >= 0.6 is 11.8 Å². The minimum atomic E-state index is -4.82. The third-order valence-electron chi connectivity index (χ3n) is 0.788. The Kier molecular flexibility index (Phi) is 3.44. The summed E-state index contributed by atoms with van der Waals surface area (Å²) in [4.78, 5) is 10.1. The molecule has 0 unspecified atom stereocenters. The van der Waals surface area contributed by atoms with Gasteiger partial charge in [-0.1, -0.05) is 0 Å². The number of ketones is 1. The average molecular weight is 185 g/mol. The van der Waals surface area contributed by atoms with Crippen molar-refractivity contribution >= 4 is 17.5 Å². The van der Waals surface area contributed by atoms with E-state index in [1.54, 1.807) is 0 Å². The van der Waals surface area contributed by atoms with Crippen LogP contribution in [0.4, 0.5) is 13.2 Å². The first kappa shape index (κ1) is 10.3. The molecule has 0 atom stereocenters. The van der Waals surface area contributed by atoms with Crippen molar-refractivity contribution in [2.75, 3.05) is 6.26 Å². The lowest BCUT2D eigenvalue weighted by atomic mass is 10.4. The predicted molar refractivity (Wildman–Crippen MR) is 36.8 cm³/mol. The summed E-state index contributed by atoms with van der Waals surface area (Å²) in [6, 6.07) is 0. The summed E-state index contributed by atoms with van der Waals surface area (Å²) in [6.45, 7) is 0. The van der Waals surface area contributed by atoms with Crippen molar-refractivity contribution in [1.29, 1.82) is 0 Å². The molecule has 0 heterocycles. The monoisotopic (exact) mass is 185 g/mol. The normalized spacial score (nSPS) is 13.3. The van der Waals surface area contributed by atoms with Crippen molar-refractivity contribution < 1.29 is 18.0 Å². The molecular weight excluding hydrogens is 179 g/mol. The molecule has 0 aliphatic heterocycles. The fraction of sp³-hybridized carbons (Fsp3) is 0.400. The topological polar surface area (TPSA) is 43.1 Å². The smallest absolute Gasteiger partial charge is 0.393 e. The highest BCUT2D eigenvalue weighted by Gasteiger charge is 2.36. The van der Waals surface area contributed by atoms with Gasteiger partial charge >= 0.3 is 6.18 Å². The van der Waals surface area contributed by atoms with Crippen LogP contribution in [0.5, 0.6) is 0 Å². The van der Waals surface area contributed by atoms with Crippen molar-refractivity contribution in [2.24, 2.45) is 5.73 Å². The second-order valence-corrected chi connectivity index (χ2v) is 2.49. The highest BCUT2D eigenvalue weighted by Crippen LogP contribution is 2.18. The highest BCUT2D eigenvalue weighted by atomic mass is 32.2. The molecule has 0 amide bonds. The number of hydrogen-bond acceptors (Lipinski definition) is 3. The lowest BCUT2D eigenvalue weighted by Gasteiger charge is -2.00. The van der Waals surface area contributed by atoms with Crippen LogP contribution < -0.4 is 5.73 Å². The molecule has 0 radical (unpaired) electrons. The van der Waals surface area contributed by atoms with Gasteiger partial charge in [-0.3, -0.25) is 4.79 Å². The maximum absolute atomic E-state index is 11.5. The van der Waals surface area contributed by atoms with Gasteiger partial charge in [-0.15, -0.1) is 11.8 Å². The summed E-state index contributed by atoms with van der Waals surface area (Å²) in [7, 11) is 0. The number of carbonyl (C=O) groups excluding carboxylic acids is 1. The Bertz CT molecular complexity index is 187. The molecule has 0 saturated heterocycles. The van der Waals surface area contributed by atoms with E-state index in [2.05, 4.69) is 0 Å². The molecule has 0 aromatic heterocycles. The molecule has 0 bridgehead atoms. The molecule has 2 N–H and O–H groups in total. The van der Waals surface area contributed by atoms with E-state index < -0.39 is 12.0 Å². The van der Waals surface area contributed by atoms with E-state index in [1.165, 1.54) is 6.26 Å². The predicted octanol–water partition coefficient (Wildman–Crippen LogP) is 1.28. The Morgan fingerprint density at radius 3 is 2.27 bits per heavy atom. The Balaban J connectivity index is 4.30. The molecule has 0 aromatic carbocycles. The van der Waals surface area contributed by atoms with E-state index in [0.717, 1.165) is 11.8 Å². The summed E-state index contributed by atoms with van der Waals surface area (Å²) in [5.41, 5.74) is 4.97. The van der Waals surface area contributed by atoms with Crippen LogP contribution in [-0.4, -0.2) is 18.2 Å². The van der Waals surface area contributed by atoms with Crippen LogP contribution in [0.1, 0.15) is 0 Å². The van der Waals surface area contributed by atoms with E-state index in [-0.39, 0.29) is 5.03 Å². The fourth-order valence-electron chi connectivity index (χ4n) is 0.270. The van der Waals surface area contributed by atoms with Gasteiger partial charge in [0.1, 0.15) is 0 Å². The number of halogens is 3. The molecule has 0 aliphatic carbocycles. The van der Waals surface area contributed by atoms with Crippen LogP contribution in [0, 0.1) is 0 Å². The van der Waals surface area contributed by atoms with E-state index in [1.807, 2.05) is 0 Å². The van der Waals surface area contributed by atoms with Crippen LogP contribution in [0.2, 0.25) is 0 Å². The number of carbonyl (C=O) groups is 1. The molecule has 0 aromatic rings. The zero-order valence-electron chi connectivity index (χ0n) is 5.61. The van der Waals surface area contributed by atoms with Crippen LogP contribution in [-0.2, 0) is 4.79 Å². The number of thioether (sulfide) groups is 1. The largest absolute Gasteiger partial charge is 0.454 e. The number of allylic oxidation sites excluding steroid dienone is 1. The summed E-state index contributed by atoms with van der Waals surface area (Å²) in [6.07, 6.45) is -2.97. The van der Waals surface area contributed by atoms with Crippen molar-refractivity contribution in [2.45, 2.75) is 6.18 Å². The quantitative estimate of drug-likeness (QED) is 0.659. The van der Waals surface area contributed by atoms with Crippen molar-refractivity contribution in [1.82, 2.24) is 0 Å². The second-order valence-electron chi connectivity index (χ2n) is 1.61. The number of hydrogen-bond donors (Lipinski definition) is 1. The van der Waals surface area contributed by atoms with Gasteiger partial charge in [0, 0.05) is 6.08 Å². The number of rotatable bonds is 2. The van der Waals surface area contributed by atoms with E-state index in [4.69, 9.17) is 5.73 Å². The van der Waals surface area contributed by atoms with Crippen LogP contribution in [0.3, 0.4) is 0 Å². The van der Waals surface area contributed by atoms with Gasteiger partial charge in [0.2, 0.25) is 0 Å². The fourth-order valence-corrected chi connectivity index (χ4v) is 0.495. The van der Waals surface area contributed by atoms with Gasteiger partial charge in [-0.25, -0.2) is 0 Å². The summed E-state index contributed by atoms with van der Waals surface area (Å²) >= 11 is 0.887. The minimum absolute atomic E-state index is 0.146. The van der Waals surface area contributed by atoms with Gasteiger partial charge in [0.05, 0.1) is 5.03 Å². The third kappa shape index (κ3) is 3.92. The zero-order chi connectivity index (χ0) is 9.07. The summed E-state index contributed by atoms with van der Waals surface area (Å²) in [5.74, 6) is -1.93. The number of alkyl halides is 3. The molecule has 0 aliphatic rings. The lowest BCUT2D eigenvalue weighted by Crippen LogP contribution is -2.21. The Hall–Kier alpha value is -0.650. The maximum Gasteiger partial charge on any atom is 0.454 e. The standard InChI is InChI=1S/C5H6F3NOS/c1-11-4(9)2-3(10)5(6,7)8/h2H,9H2,1H3/b4-2-. The van der Waals surface area contributed by atoms with Gasteiger partial charge in [-0.05, 0) is 6.26 Å². The molecule has 0 spiro atoms. The third-order valence-corrected chi connectivity index (χ3v) is 1.38. The minimum Gasteiger partial charge on any atom is -0.393 e. The molecule has 0 saturated carbocycles. The van der Waals surface area contributed by atoms with Gasteiger partial charge in [0.25, 0.3) is 5.78 Å². The highest BCUT2D eigenvalue weighted by molar-refractivity contribution is 8.02. The molecule has 6 heteroatoms. The SMILES string of the molecule is CS/C(N)=C\C(=O)C(F)(F)F. The number of nitrogens with two attached hydrogens (primary N) is 1. The summed E-state index contributed by atoms with van der Waals surface area (Å²) < 4.78 is 34.5. The van der Waals surface area contributed by atoms with E-state index in [0.29, 0.717) is 6.08 Å². The molecule has 0 fully saturated rings. The maximum atomic E-state index is 11.5. The average Bonchev–Trinajstić information content (AvgIpc) is 1.85. The van der Waals surface area contributed by atoms with Gasteiger partial charge in [-0.2, -0.15) is 13.2 Å². The first-order chi connectivity index (χ1) is 4.88. The van der Waals surface area contributed by atoms with Gasteiger partial charge < -0.3 is 5.73 Å². The Labute approximate surface area is 65.6 Å². The molecule has 0 rings (SSSR count). The van der Waals surface area contributed by atoms with Gasteiger partial charge in [0.15, 0.2) is 0 Å². The van der Waals surface area contributed by atoms with Crippen LogP contribution in [0.25, 0.3) is 0 Å². The second kappa shape index (κ2) is 3.66. The Morgan fingerprint density at radius 1 is 1.55 bits per heavy atom. The van der Waals surface area contributed by atoms with E-state index >= 15 is 0 Å². The van der Waals surface area contributed by atoms with Crippen molar-refractivity contribution in [3.05, 3.63) is 11.1 Å². The van der Waals surface area contributed by atoms with Crippen molar-refractivity contribution in [3.8, 4) is 0 Å². The molecular formula is C5H6F3NOS. The van der Waals surface area contributed by atoms with E-state index in [9.17, 15) is 18.0 Å². The lowest BCUT2D eigenvalue weighted by molar-refractivity contribution is -0.165. The zero-order valence-corrected chi connectivity index (χ0v) is 6.42. The first-order valence-electron chi connectivity index (χ1n) is 2.50. The van der Waals surface area contributed by atoms with Crippen LogP contribution in [0.15, 0.2) is 11.1 Å². The summed E-state index contributed by atoms with van der Waals surface area (Å²) in [5, 5.41) is -0.146. The molecule has 64 valence electrons. The Morgan fingerprint density at radius 2 is 2.00 bits per heavy atom. The molecule has 2 nitrogen and oxygen atoms in total. The first-order valence-corrected chi connectivity index (χ1v) is 3.72. The molecule has 11 heavy (non-hydrogen) atoms.